The standard InChI is InChI=1S/C18H28BrN3O2.HI/c1-20-18(21-14-15-5-3-6-16(19)13-15)22-9-7-17(8-10-22)24-12-4-11-23-2;/h3,5-6,13,17H,4,7-12,14H2,1-2H3,(H,20,21);1H. The van der Waals surface area contributed by atoms with Crippen LogP contribution in [-0.2, 0) is 16.0 Å². The molecule has 1 N–H and O–H groups in total. The van der Waals surface area contributed by atoms with Gasteiger partial charge in [0, 0.05) is 51.5 Å². The first-order valence-corrected chi connectivity index (χ1v) is 9.33. The maximum atomic E-state index is 5.92. The van der Waals surface area contributed by atoms with Crippen molar-refractivity contribution in [2.45, 2.75) is 31.9 Å². The maximum absolute atomic E-state index is 5.92. The summed E-state index contributed by atoms with van der Waals surface area (Å²) in [6.45, 7) is 4.29. The molecule has 7 heteroatoms. The molecule has 1 aliphatic heterocycles. The van der Waals surface area contributed by atoms with Crippen molar-refractivity contribution in [3.8, 4) is 0 Å². The molecule has 25 heavy (non-hydrogen) atoms. The van der Waals surface area contributed by atoms with Gasteiger partial charge in [-0.3, -0.25) is 4.99 Å². The molecule has 1 fully saturated rings. The smallest absolute Gasteiger partial charge is 0.193 e. The number of rotatable bonds is 7. The van der Waals surface area contributed by atoms with Crippen LogP contribution in [0.2, 0.25) is 0 Å². The predicted octanol–water partition coefficient (Wildman–Crippen LogP) is 3.66. The lowest BCUT2D eigenvalue weighted by atomic mass is 10.1. The van der Waals surface area contributed by atoms with Gasteiger partial charge in [0.25, 0.3) is 0 Å². The first-order valence-electron chi connectivity index (χ1n) is 8.53. The monoisotopic (exact) mass is 525 g/mol. The fraction of sp³-hybridized carbons (Fsp3) is 0.611. The largest absolute Gasteiger partial charge is 0.385 e. The lowest BCUT2D eigenvalue weighted by Gasteiger charge is -2.34. The normalized spacial score (nSPS) is 15.8. The van der Waals surface area contributed by atoms with Crippen LogP contribution in [0.25, 0.3) is 0 Å². The Bertz CT molecular complexity index is 523. The second kappa shape index (κ2) is 12.9. The molecule has 1 heterocycles. The number of likely N-dealkylation sites (tertiary alicyclic amines) is 1. The molecular formula is C18H29BrIN3O2. The zero-order chi connectivity index (χ0) is 17.2. The van der Waals surface area contributed by atoms with E-state index in [0.717, 1.165) is 62.5 Å². The van der Waals surface area contributed by atoms with Crippen LogP contribution in [0.5, 0.6) is 0 Å². The molecule has 1 aliphatic rings. The second-order valence-corrected chi connectivity index (χ2v) is 6.85. The molecule has 0 unspecified atom stereocenters. The third kappa shape index (κ3) is 8.23. The first kappa shape index (κ1) is 22.7. The highest BCUT2D eigenvalue weighted by Crippen LogP contribution is 2.15. The van der Waals surface area contributed by atoms with E-state index in [0.29, 0.717) is 6.10 Å². The predicted molar refractivity (Wildman–Crippen MR) is 117 cm³/mol. The number of halogens is 2. The number of nitrogens with one attached hydrogen (secondary N) is 1. The summed E-state index contributed by atoms with van der Waals surface area (Å²) in [5, 5.41) is 3.46. The van der Waals surface area contributed by atoms with E-state index >= 15 is 0 Å². The molecule has 0 saturated carbocycles. The molecule has 0 spiro atoms. The summed E-state index contributed by atoms with van der Waals surface area (Å²) < 4.78 is 12.1. The van der Waals surface area contributed by atoms with Crippen molar-refractivity contribution in [2.24, 2.45) is 4.99 Å². The van der Waals surface area contributed by atoms with E-state index in [9.17, 15) is 0 Å². The van der Waals surface area contributed by atoms with Crippen LogP contribution in [-0.4, -0.2) is 57.4 Å². The summed E-state index contributed by atoms with van der Waals surface area (Å²) in [5.41, 5.74) is 1.24. The van der Waals surface area contributed by atoms with Gasteiger partial charge in [-0.1, -0.05) is 28.1 Å². The number of ether oxygens (including phenoxy) is 2. The molecule has 5 nitrogen and oxygen atoms in total. The van der Waals surface area contributed by atoms with Crippen LogP contribution in [0.4, 0.5) is 0 Å². The van der Waals surface area contributed by atoms with Gasteiger partial charge in [0.1, 0.15) is 0 Å². The Morgan fingerprint density at radius 1 is 1.32 bits per heavy atom. The fourth-order valence-electron chi connectivity index (χ4n) is 2.85. The molecule has 0 amide bonds. The Balaban J connectivity index is 0.00000312. The fourth-order valence-corrected chi connectivity index (χ4v) is 3.29. The molecule has 0 bridgehead atoms. The Morgan fingerprint density at radius 3 is 2.72 bits per heavy atom. The van der Waals surface area contributed by atoms with Crippen LogP contribution in [0.15, 0.2) is 33.7 Å². The van der Waals surface area contributed by atoms with Crippen molar-refractivity contribution < 1.29 is 9.47 Å². The van der Waals surface area contributed by atoms with Crippen LogP contribution in [0.1, 0.15) is 24.8 Å². The van der Waals surface area contributed by atoms with Gasteiger partial charge in [-0.15, -0.1) is 24.0 Å². The zero-order valence-corrected chi connectivity index (χ0v) is 19.0. The molecule has 0 aromatic heterocycles. The topological polar surface area (TPSA) is 46.1 Å². The van der Waals surface area contributed by atoms with Crippen LogP contribution in [0.3, 0.4) is 0 Å². The summed E-state index contributed by atoms with van der Waals surface area (Å²) in [4.78, 5) is 6.74. The molecule has 0 atom stereocenters. The highest BCUT2D eigenvalue weighted by Gasteiger charge is 2.21. The molecule has 2 rings (SSSR count). The number of methoxy groups -OCH3 is 1. The van der Waals surface area contributed by atoms with Gasteiger partial charge < -0.3 is 19.7 Å². The number of hydrogen-bond donors (Lipinski definition) is 1. The van der Waals surface area contributed by atoms with Gasteiger partial charge >= 0.3 is 0 Å². The van der Waals surface area contributed by atoms with Crippen LogP contribution < -0.4 is 5.32 Å². The van der Waals surface area contributed by atoms with Crippen molar-refractivity contribution in [1.82, 2.24) is 10.2 Å². The van der Waals surface area contributed by atoms with Gasteiger partial charge in [-0.2, -0.15) is 0 Å². The van der Waals surface area contributed by atoms with Gasteiger partial charge in [0.05, 0.1) is 6.10 Å². The Morgan fingerprint density at radius 2 is 2.08 bits per heavy atom. The summed E-state index contributed by atoms with van der Waals surface area (Å²) in [6, 6.07) is 8.33. The zero-order valence-electron chi connectivity index (χ0n) is 15.0. The van der Waals surface area contributed by atoms with E-state index in [2.05, 4.69) is 49.3 Å². The third-order valence-electron chi connectivity index (χ3n) is 4.14. The van der Waals surface area contributed by atoms with Crippen LogP contribution >= 0.6 is 39.9 Å². The second-order valence-electron chi connectivity index (χ2n) is 5.93. The molecule has 1 aromatic carbocycles. The average molecular weight is 526 g/mol. The number of piperidine rings is 1. The Kier molecular flexibility index (Phi) is 11.7. The summed E-state index contributed by atoms with van der Waals surface area (Å²) in [7, 11) is 3.57. The third-order valence-corrected chi connectivity index (χ3v) is 4.63. The summed E-state index contributed by atoms with van der Waals surface area (Å²) >= 11 is 3.51. The van der Waals surface area contributed by atoms with Crippen molar-refractivity contribution in [1.29, 1.82) is 0 Å². The SMILES string of the molecule is CN=C(NCc1cccc(Br)c1)N1CCC(OCCCOC)CC1.I. The first-order chi connectivity index (χ1) is 11.7. The minimum Gasteiger partial charge on any atom is -0.385 e. The van der Waals surface area contributed by atoms with Gasteiger partial charge in [0.15, 0.2) is 5.96 Å². The van der Waals surface area contributed by atoms with E-state index < -0.39 is 0 Å². The lowest BCUT2D eigenvalue weighted by Crippen LogP contribution is -2.46. The Hall–Kier alpha value is -0.380. The van der Waals surface area contributed by atoms with Gasteiger partial charge in [-0.25, -0.2) is 0 Å². The molecule has 0 radical (unpaired) electrons. The van der Waals surface area contributed by atoms with Gasteiger partial charge in [-0.05, 0) is 37.0 Å². The van der Waals surface area contributed by atoms with E-state index in [4.69, 9.17) is 9.47 Å². The lowest BCUT2D eigenvalue weighted by molar-refractivity contribution is 0.00989. The van der Waals surface area contributed by atoms with E-state index in [-0.39, 0.29) is 24.0 Å². The van der Waals surface area contributed by atoms with E-state index in [1.54, 1.807) is 7.11 Å². The molecule has 0 aliphatic carbocycles. The average Bonchev–Trinajstić information content (AvgIpc) is 2.60. The summed E-state index contributed by atoms with van der Waals surface area (Å²) in [6.07, 6.45) is 3.42. The van der Waals surface area contributed by atoms with Gasteiger partial charge in [0.2, 0.25) is 0 Å². The Labute approximate surface area is 176 Å². The van der Waals surface area contributed by atoms with Crippen molar-refractivity contribution in [3.05, 3.63) is 34.3 Å². The molecular weight excluding hydrogens is 497 g/mol. The van der Waals surface area contributed by atoms with Crippen molar-refractivity contribution >= 4 is 45.9 Å². The minimum atomic E-state index is 0. The number of guanidine groups is 1. The molecule has 1 aromatic rings. The van der Waals surface area contributed by atoms with E-state index in [1.165, 1.54) is 5.56 Å². The number of nitrogens with zero attached hydrogens (tertiary/aromatic N) is 2. The maximum Gasteiger partial charge on any atom is 0.193 e. The summed E-state index contributed by atoms with van der Waals surface area (Å²) in [5.74, 6) is 0.966. The van der Waals surface area contributed by atoms with E-state index in [1.807, 2.05) is 13.1 Å². The number of hydrogen-bond acceptors (Lipinski definition) is 3. The highest BCUT2D eigenvalue weighted by atomic mass is 127. The highest BCUT2D eigenvalue weighted by molar-refractivity contribution is 14.0. The molecule has 142 valence electrons. The number of benzene rings is 1. The number of aliphatic imine (C=N–C) groups is 1. The van der Waals surface area contributed by atoms with Crippen molar-refractivity contribution in [3.63, 3.8) is 0 Å². The van der Waals surface area contributed by atoms with Crippen molar-refractivity contribution in [2.75, 3.05) is 40.5 Å². The van der Waals surface area contributed by atoms with Crippen LogP contribution in [0, 0.1) is 0 Å². The minimum absolute atomic E-state index is 0. The quantitative estimate of drug-likeness (QED) is 0.255. The molecule has 1 saturated heterocycles.